The van der Waals surface area contributed by atoms with E-state index in [9.17, 15) is 0 Å². The zero-order valence-corrected chi connectivity index (χ0v) is 15.5. The topological polar surface area (TPSA) is 64.1 Å². The van der Waals surface area contributed by atoms with Gasteiger partial charge in [0.15, 0.2) is 17.5 Å². The number of hydrogen-bond acceptors (Lipinski definition) is 4. The van der Waals surface area contributed by atoms with E-state index in [0.717, 1.165) is 22.8 Å². The molecule has 1 aliphatic heterocycles. The normalized spacial score (nSPS) is 16.1. The van der Waals surface area contributed by atoms with Crippen LogP contribution in [0.4, 0.5) is 0 Å². The second-order valence-electron chi connectivity index (χ2n) is 5.76. The van der Waals surface area contributed by atoms with Crippen LogP contribution < -0.4 is 24.8 Å². The van der Waals surface area contributed by atoms with Gasteiger partial charge in [0, 0.05) is 24.2 Å². The van der Waals surface area contributed by atoms with Gasteiger partial charge in [0.1, 0.15) is 18.5 Å². The number of methoxy groups -OCH3 is 1. The molecule has 0 fully saturated rings. The van der Waals surface area contributed by atoms with E-state index in [4.69, 9.17) is 25.8 Å². The molecule has 0 spiro atoms. The molecule has 26 heavy (non-hydrogen) atoms. The van der Waals surface area contributed by atoms with Crippen molar-refractivity contribution in [3.05, 3.63) is 53.1 Å². The monoisotopic (exact) mass is 375 g/mol. The fraction of sp³-hybridized carbons (Fsp3) is 0.316. The number of fused-ring (bicyclic) bond motifs is 1. The molecule has 2 N–H and O–H groups in total. The van der Waals surface area contributed by atoms with Gasteiger partial charge in [-0.2, -0.15) is 0 Å². The van der Waals surface area contributed by atoms with Gasteiger partial charge < -0.3 is 24.8 Å². The summed E-state index contributed by atoms with van der Waals surface area (Å²) in [5, 5.41) is 7.16. The Labute approximate surface area is 158 Å². The van der Waals surface area contributed by atoms with E-state index in [2.05, 4.69) is 15.6 Å². The molecular weight excluding hydrogens is 354 g/mol. The van der Waals surface area contributed by atoms with Crippen LogP contribution in [-0.4, -0.2) is 39.4 Å². The number of halogens is 1. The smallest absolute Gasteiger partial charge is 0.191 e. The van der Waals surface area contributed by atoms with E-state index in [0.29, 0.717) is 30.7 Å². The van der Waals surface area contributed by atoms with Gasteiger partial charge in [-0.3, -0.25) is 4.99 Å². The molecule has 0 aromatic heterocycles. The number of benzene rings is 2. The SMILES string of the molecule is CN=C(NCc1ccc(Cl)cc1OC)NCC1COc2ccccc2O1. The van der Waals surface area contributed by atoms with Gasteiger partial charge in [-0.05, 0) is 24.3 Å². The highest BCUT2D eigenvalue weighted by atomic mass is 35.5. The molecule has 3 rings (SSSR count). The maximum absolute atomic E-state index is 6.00. The van der Waals surface area contributed by atoms with Gasteiger partial charge in [-0.15, -0.1) is 0 Å². The Balaban J connectivity index is 1.51. The van der Waals surface area contributed by atoms with E-state index in [1.165, 1.54) is 0 Å². The maximum Gasteiger partial charge on any atom is 0.191 e. The number of rotatable bonds is 5. The molecule has 138 valence electrons. The summed E-state index contributed by atoms with van der Waals surface area (Å²) in [5.74, 6) is 2.95. The van der Waals surface area contributed by atoms with E-state index in [-0.39, 0.29) is 6.10 Å². The van der Waals surface area contributed by atoms with Crippen molar-refractivity contribution in [2.24, 2.45) is 4.99 Å². The highest BCUT2D eigenvalue weighted by Crippen LogP contribution is 2.30. The summed E-state index contributed by atoms with van der Waals surface area (Å²) in [7, 11) is 3.35. The lowest BCUT2D eigenvalue weighted by molar-refractivity contribution is 0.0936. The van der Waals surface area contributed by atoms with E-state index < -0.39 is 0 Å². The van der Waals surface area contributed by atoms with E-state index in [1.54, 1.807) is 20.2 Å². The minimum absolute atomic E-state index is 0.0893. The summed E-state index contributed by atoms with van der Waals surface area (Å²) in [6, 6.07) is 13.2. The van der Waals surface area contributed by atoms with Crippen molar-refractivity contribution in [3.8, 4) is 17.2 Å². The number of nitrogens with zero attached hydrogens (tertiary/aromatic N) is 1. The Kier molecular flexibility index (Phi) is 6.07. The van der Waals surface area contributed by atoms with Crippen LogP contribution >= 0.6 is 11.6 Å². The highest BCUT2D eigenvalue weighted by molar-refractivity contribution is 6.30. The molecule has 0 aliphatic carbocycles. The summed E-state index contributed by atoms with van der Waals surface area (Å²) in [4.78, 5) is 4.24. The molecule has 1 atom stereocenters. The first-order chi connectivity index (χ1) is 12.7. The van der Waals surface area contributed by atoms with E-state index in [1.807, 2.05) is 36.4 Å². The average Bonchev–Trinajstić information content (AvgIpc) is 2.68. The second kappa shape index (κ2) is 8.67. The lowest BCUT2D eigenvalue weighted by Crippen LogP contribution is -2.45. The van der Waals surface area contributed by atoms with Crippen LogP contribution in [0.15, 0.2) is 47.5 Å². The molecule has 1 unspecified atom stereocenters. The van der Waals surface area contributed by atoms with Gasteiger partial charge in [0.2, 0.25) is 0 Å². The Bertz CT molecular complexity index is 782. The molecule has 2 aromatic rings. The summed E-state index contributed by atoms with van der Waals surface area (Å²) in [6.07, 6.45) is -0.0893. The molecule has 0 radical (unpaired) electrons. The van der Waals surface area contributed by atoms with Crippen molar-refractivity contribution in [2.45, 2.75) is 12.6 Å². The van der Waals surface area contributed by atoms with Crippen molar-refractivity contribution in [1.29, 1.82) is 0 Å². The van der Waals surface area contributed by atoms with Gasteiger partial charge in [-0.1, -0.05) is 29.8 Å². The molecule has 0 amide bonds. The molecular formula is C19H22ClN3O3. The summed E-state index contributed by atoms with van der Waals surface area (Å²) >= 11 is 6.00. The van der Waals surface area contributed by atoms with Gasteiger partial charge in [-0.25, -0.2) is 0 Å². The number of guanidine groups is 1. The number of aliphatic imine (C=N–C) groups is 1. The van der Waals surface area contributed by atoms with Crippen molar-refractivity contribution in [1.82, 2.24) is 10.6 Å². The maximum atomic E-state index is 6.00. The molecule has 0 saturated carbocycles. The van der Waals surface area contributed by atoms with Gasteiger partial charge >= 0.3 is 0 Å². The zero-order valence-electron chi connectivity index (χ0n) is 14.8. The summed E-state index contributed by atoms with van der Waals surface area (Å²) in [5.41, 5.74) is 0.992. The highest BCUT2D eigenvalue weighted by Gasteiger charge is 2.20. The predicted octanol–water partition coefficient (Wildman–Crippen LogP) is 2.85. The first-order valence-electron chi connectivity index (χ1n) is 8.35. The van der Waals surface area contributed by atoms with Crippen molar-refractivity contribution in [3.63, 3.8) is 0 Å². The minimum Gasteiger partial charge on any atom is -0.496 e. The number of para-hydroxylation sites is 2. The Morgan fingerprint density at radius 2 is 2.04 bits per heavy atom. The molecule has 7 heteroatoms. The van der Waals surface area contributed by atoms with E-state index >= 15 is 0 Å². The lowest BCUT2D eigenvalue weighted by Gasteiger charge is -2.27. The first kappa shape index (κ1) is 18.2. The van der Waals surface area contributed by atoms with Crippen LogP contribution in [0.2, 0.25) is 5.02 Å². The Morgan fingerprint density at radius 3 is 2.81 bits per heavy atom. The molecule has 2 aromatic carbocycles. The van der Waals surface area contributed by atoms with Gasteiger partial charge in [0.05, 0.1) is 13.7 Å². The third-order valence-electron chi connectivity index (χ3n) is 3.98. The molecule has 6 nitrogen and oxygen atoms in total. The molecule has 1 aliphatic rings. The second-order valence-corrected chi connectivity index (χ2v) is 6.20. The van der Waals surface area contributed by atoms with Crippen LogP contribution in [0.3, 0.4) is 0 Å². The van der Waals surface area contributed by atoms with Crippen LogP contribution in [0, 0.1) is 0 Å². The number of ether oxygens (including phenoxy) is 3. The third-order valence-corrected chi connectivity index (χ3v) is 4.22. The molecule has 1 heterocycles. The van der Waals surface area contributed by atoms with Crippen LogP contribution in [0.25, 0.3) is 0 Å². The summed E-state index contributed by atoms with van der Waals surface area (Å²) in [6.45, 7) is 1.63. The largest absolute Gasteiger partial charge is 0.496 e. The van der Waals surface area contributed by atoms with Gasteiger partial charge in [0.25, 0.3) is 0 Å². The van der Waals surface area contributed by atoms with Crippen LogP contribution in [0.1, 0.15) is 5.56 Å². The Morgan fingerprint density at radius 1 is 1.23 bits per heavy atom. The standard InChI is InChI=1S/C19H22ClN3O3/c1-21-19(22-10-13-7-8-14(20)9-18(13)24-2)23-11-15-12-25-16-5-3-4-6-17(16)26-15/h3-9,15H,10-12H2,1-2H3,(H2,21,22,23). The fourth-order valence-electron chi connectivity index (χ4n) is 2.64. The summed E-state index contributed by atoms with van der Waals surface area (Å²) < 4.78 is 17.0. The number of nitrogens with one attached hydrogen (secondary N) is 2. The Hall–Kier alpha value is -2.60. The van der Waals surface area contributed by atoms with Crippen molar-refractivity contribution in [2.75, 3.05) is 27.3 Å². The number of hydrogen-bond donors (Lipinski definition) is 2. The van der Waals surface area contributed by atoms with Crippen LogP contribution in [0.5, 0.6) is 17.2 Å². The quantitative estimate of drug-likeness (QED) is 0.621. The van der Waals surface area contributed by atoms with Crippen molar-refractivity contribution >= 4 is 17.6 Å². The minimum atomic E-state index is -0.0893. The molecule has 0 bridgehead atoms. The predicted molar refractivity (Wildman–Crippen MR) is 103 cm³/mol. The lowest BCUT2D eigenvalue weighted by atomic mass is 10.2. The average molecular weight is 376 g/mol. The third kappa shape index (κ3) is 4.52. The van der Waals surface area contributed by atoms with Crippen molar-refractivity contribution < 1.29 is 14.2 Å². The van der Waals surface area contributed by atoms with Crippen LogP contribution in [-0.2, 0) is 6.54 Å². The first-order valence-corrected chi connectivity index (χ1v) is 8.73. The molecule has 0 saturated heterocycles. The fourth-order valence-corrected chi connectivity index (χ4v) is 2.80. The zero-order chi connectivity index (χ0) is 18.4.